The number of fused-ring (bicyclic) bond motifs is 1. The van der Waals surface area contributed by atoms with Crippen molar-refractivity contribution in [2.24, 2.45) is 0 Å². The Bertz CT molecular complexity index is 1530. The molecule has 8 nitrogen and oxygen atoms in total. The standard InChI is InChI=1S/C22H14F6N6O2S/c23-21(24,25)15-8-11(3-5-29-15)32-20(36)13-9-31-34(18(13)22(26,27)28)14-10-30-19(17-12(14)4-7-37-17)33-6-1-2-16(33)35/h3-5,7-10H,1-2,6H2,(H,29,32,36). The number of aromatic nitrogens is 4. The third-order valence-electron chi connectivity index (χ3n) is 5.60. The second-order valence-corrected chi connectivity index (χ2v) is 8.89. The summed E-state index contributed by atoms with van der Waals surface area (Å²) in [5, 5.41) is 7.78. The highest BCUT2D eigenvalue weighted by atomic mass is 32.1. The molecular formula is C22H14F6N6O2S. The number of nitrogens with zero attached hydrogens (tertiary/aromatic N) is 5. The van der Waals surface area contributed by atoms with E-state index in [-0.39, 0.29) is 11.6 Å². The Kier molecular flexibility index (Phi) is 5.89. The maximum absolute atomic E-state index is 14.2. The highest BCUT2D eigenvalue weighted by Crippen LogP contribution is 2.39. The number of carbonyl (C=O) groups excluding carboxylic acids is 2. The predicted octanol–water partition coefficient (Wildman–Crippen LogP) is 5.29. The van der Waals surface area contributed by atoms with Gasteiger partial charge in [-0.05, 0) is 30.0 Å². The van der Waals surface area contributed by atoms with Crippen molar-refractivity contribution in [3.8, 4) is 5.69 Å². The van der Waals surface area contributed by atoms with Crippen molar-refractivity contribution >= 4 is 44.7 Å². The summed E-state index contributed by atoms with van der Waals surface area (Å²) in [6.45, 7) is 0.434. The van der Waals surface area contributed by atoms with E-state index in [0.717, 1.165) is 18.5 Å². The molecule has 1 fully saturated rings. The van der Waals surface area contributed by atoms with Gasteiger partial charge in [-0.1, -0.05) is 0 Å². The lowest BCUT2D eigenvalue weighted by Gasteiger charge is -2.18. The van der Waals surface area contributed by atoms with Crippen molar-refractivity contribution in [1.82, 2.24) is 19.7 Å². The molecule has 0 atom stereocenters. The van der Waals surface area contributed by atoms with E-state index in [1.165, 1.54) is 16.2 Å². The molecule has 1 aliphatic rings. The van der Waals surface area contributed by atoms with Crippen LogP contribution in [0.1, 0.15) is 34.6 Å². The number of alkyl halides is 6. The van der Waals surface area contributed by atoms with Crippen LogP contribution in [0.2, 0.25) is 0 Å². The Morgan fingerprint density at radius 2 is 1.84 bits per heavy atom. The Hall–Kier alpha value is -4.01. The third-order valence-corrected chi connectivity index (χ3v) is 6.51. The lowest BCUT2D eigenvalue weighted by atomic mass is 10.2. The molecule has 1 saturated heterocycles. The molecule has 0 unspecified atom stereocenters. The average Bonchev–Trinajstić information content (AvgIpc) is 3.57. The fourth-order valence-corrected chi connectivity index (χ4v) is 4.91. The number of amides is 2. The summed E-state index contributed by atoms with van der Waals surface area (Å²) in [5.74, 6) is -1.13. The monoisotopic (exact) mass is 540 g/mol. The number of hydrogen-bond donors (Lipinski definition) is 1. The minimum atomic E-state index is -5.06. The van der Waals surface area contributed by atoms with Gasteiger partial charge in [0.05, 0.1) is 28.3 Å². The molecule has 2 amide bonds. The molecule has 0 aliphatic carbocycles. The number of carbonyl (C=O) groups is 2. The van der Waals surface area contributed by atoms with Crippen LogP contribution in [0.15, 0.2) is 42.2 Å². The third kappa shape index (κ3) is 4.50. The first-order chi connectivity index (χ1) is 17.4. The summed E-state index contributed by atoms with van der Waals surface area (Å²) in [6, 6.07) is 3.08. The fourth-order valence-electron chi connectivity index (χ4n) is 4.00. The molecule has 0 bridgehead atoms. The van der Waals surface area contributed by atoms with Crippen molar-refractivity contribution in [2.45, 2.75) is 25.2 Å². The number of anilines is 2. The molecule has 192 valence electrons. The minimum Gasteiger partial charge on any atom is -0.322 e. The van der Waals surface area contributed by atoms with E-state index in [2.05, 4.69) is 15.1 Å². The smallest absolute Gasteiger partial charge is 0.322 e. The molecule has 5 heterocycles. The molecule has 4 aromatic heterocycles. The number of thiophene rings is 1. The highest BCUT2D eigenvalue weighted by molar-refractivity contribution is 7.17. The lowest BCUT2D eigenvalue weighted by Crippen LogP contribution is -2.25. The van der Waals surface area contributed by atoms with E-state index in [1.807, 2.05) is 5.32 Å². The molecular weight excluding hydrogens is 526 g/mol. The van der Waals surface area contributed by atoms with Gasteiger partial charge >= 0.3 is 12.4 Å². The quantitative estimate of drug-likeness (QED) is 0.355. The number of pyridine rings is 2. The lowest BCUT2D eigenvalue weighted by molar-refractivity contribution is -0.143. The van der Waals surface area contributed by atoms with Gasteiger partial charge in [0, 0.05) is 30.2 Å². The molecule has 4 aromatic rings. The molecule has 0 saturated carbocycles. The van der Waals surface area contributed by atoms with Crippen LogP contribution in [0, 0.1) is 0 Å². The summed E-state index contributed by atoms with van der Waals surface area (Å²) in [5.41, 5.74) is -4.13. The van der Waals surface area contributed by atoms with Crippen LogP contribution in [-0.4, -0.2) is 38.1 Å². The number of rotatable bonds is 4. The first kappa shape index (κ1) is 24.7. The maximum atomic E-state index is 14.2. The van der Waals surface area contributed by atoms with Gasteiger partial charge in [-0.2, -0.15) is 31.4 Å². The van der Waals surface area contributed by atoms with Gasteiger partial charge in [-0.3, -0.25) is 19.5 Å². The SMILES string of the molecule is O=C(Nc1ccnc(C(F)(F)F)c1)c1cnn(-c2cnc(N3CCCC3=O)c3sccc23)c1C(F)(F)F. The Labute approximate surface area is 207 Å². The van der Waals surface area contributed by atoms with E-state index in [4.69, 9.17) is 0 Å². The van der Waals surface area contributed by atoms with Crippen molar-refractivity contribution in [2.75, 3.05) is 16.8 Å². The topological polar surface area (TPSA) is 93.0 Å². The van der Waals surface area contributed by atoms with Crippen molar-refractivity contribution in [3.63, 3.8) is 0 Å². The zero-order chi connectivity index (χ0) is 26.5. The van der Waals surface area contributed by atoms with E-state index < -0.39 is 40.9 Å². The second kappa shape index (κ2) is 8.83. The first-order valence-corrected chi connectivity index (χ1v) is 11.5. The van der Waals surface area contributed by atoms with Crippen LogP contribution >= 0.6 is 11.3 Å². The van der Waals surface area contributed by atoms with Gasteiger partial charge in [-0.15, -0.1) is 11.3 Å². The van der Waals surface area contributed by atoms with E-state index in [9.17, 15) is 35.9 Å². The summed E-state index contributed by atoms with van der Waals surface area (Å²) >= 11 is 1.19. The highest BCUT2D eigenvalue weighted by Gasteiger charge is 2.41. The first-order valence-electron chi connectivity index (χ1n) is 10.6. The fraction of sp³-hybridized carbons (Fsp3) is 0.227. The van der Waals surface area contributed by atoms with Gasteiger partial charge in [0.2, 0.25) is 5.91 Å². The molecule has 1 N–H and O–H groups in total. The van der Waals surface area contributed by atoms with Gasteiger partial charge in [0.1, 0.15) is 5.69 Å². The van der Waals surface area contributed by atoms with Gasteiger partial charge in [-0.25, -0.2) is 9.67 Å². The Morgan fingerprint density at radius 1 is 1.05 bits per heavy atom. The van der Waals surface area contributed by atoms with E-state index in [0.29, 0.717) is 52.2 Å². The minimum absolute atomic E-state index is 0.0821. The van der Waals surface area contributed by atoms with Crippen molar-refractivity contribution in [1.29, 1.82) is 0 Å². The van der Waals surface area contributed by atoms with Crippen LogP contribution in [0.5, 0.6) is 0 Å². The molecule has 0 spiro atoms. The summed E-state index contributed by atoms with van der Waals surface area (Å²) in [6.07, 6.45) is -6.31. The van der Waals surface area contributed by atoms with Gasteiger partial charge in [0.25, 0.3) is 5.91 Å². The number of halogens is 6. The molecule has 37 heavy (non-hydrogen) atoms. The molecule has 0 radical (unpaired) electrons. The number of hydrogen-bond acceptors (Lipinski definition) is 6. The predicted molar refractivity (Wildman–Crippen MR) is 121 cm³/mol. The van der Waals surface area contributed by atoms with Crippen LogP contribution in [0.3, 0.4) is 0 Å². The average molecular weight is 540 g/mol. The van der Waals surface area contributed by atoms with Gasteiger partial charge < -0.3 is 5.32 Å². The maximum Gasteiger partial charge on any atom is 0.434 e. The second-order valence-electron chi connectivity index (χ2n) is 7.98. The summed E-state index contributed by atoms with van der Waals surface area (Å²) in [7, 11) is 0. The van der Waals surface area contributed by atoms with Crippen LogP contribution in [0.25, 0.3) is 15.8 Å². The van der Waals surface area contributed by atoms with Crippen LogP contribution < -0.4 is 10.2 Å². The van der Waals surface area contributed by atoms with E-state index in [1.54, 1.807) is 11.4 Å². The van der Waals surface area contributed by atoms with E-state index >= 15 is 0 Å². The number of nitrogens with one attached hydrogen (secondary N) is 1. The molecule has 15 heteroatoms. The van der Waals surface area contributed by atoms with Gasteiger partial charge in [0.15, 0.2) is 11.5 Å². The Morgan fingerprint density at radius 3 is 2.51 bits per heavy atom. The molecule has 5 rings (SSSR count). The van der Waals surface area contributed by atoms with Crippen LogP contribution in [-0.2, 0) is 17.1 Å². The Balaban J connectivity index is 1.56. The largest absolute Gasteiger partial charge is 0.434 e. The summed E-state index contributed by atoms with van der Waals surface area (Å²) in [4.78, 5) is 33.8. The zero-order valence-electron chi connectivity index (χ0n) is 18.4. The molecule has 1 aliphatic heterocycles. The van der Waals surface area contributed by atoms with Crippen molar-refractivity contribution < 1.29 is 35.9 Å². The molecule has 0 aromatic carbocycles. The van der Waals surface area contributed by atoms with Crippen LogP contribution in [0.4, 0.5) is 37.8 Å². The normalized spacial score (nSPS) is 14.5. The zero-order valence-corrected chi connectivity index (χ0v) is 19.2. The van der Waals surface area contributed by atoms with Crippen molar-refractivity contribution in [3.05, 3.63) is 59.1 Å². The summed E-state index contributed by atoms with van der Waals surface area (Å²) < 4.78 is 82.3.